The molecule has 7 nitrogen and oxygen atoms in total. The Labute approximate surface area is 145 Å². The normalized spacial score (nSPS) is 21.9. The van der Waals surface area contributed by atoms with E-state index < -0.39 is 11.6 Å². The lowest BCUT2D eigenvalue weighted by atomic mass is 9.82. The topological polar surface area (TPSA) is 86.8 Å². The Hall–Kier alpha value is -2.70. The van der Waals surface area contributed by atoms with Gasteiger partial charge in [-0.2, -0.15) is 0 Å². The van der Waals surface area contributed by atoms with Crippen LogP contribution in [0.2, 0.25) is 0 Å². The molecule has 5 amide bonds. The van der Waals surface area contributed by atoms with Gasteiger partial charge in [0.2, 0.25) is 0 Å². The van der Waals surface area contributed by atoms with Crippen LogP contribution in [0.15, 0.2) is 24.3 Å². The molecule has 1 saturated carbocycles. The van der Waals surface area contributed by atoms with Crippen molar-refractivity contribution in [3.8, 4) is 0 Å². The maximum Gasteiger partial charge on any atom is 0.325 e. The quantitative estimate of drug-likeness (QED) is 0.667. The lowest BCUT2D eigenvalue weighted by molar-refractivity contribution is -0.132. The largest absolute Gasteiger partial charge is 0.325 e. The van der Waals surface area contributed by atoms with Crippen LogP contribution in [0.5, 0.6) is 0 Å². The molecule has 0 unspecified atom stereocenters. The van der Waals surface area contributed by atoms with E-state index in [1.807, 2.05) is 0 Å². The second-order valence-electron chi connectivity index (χ2n) is 6.84. The second-order valence-corrected chi connectivity index (χ2v) is 6.84. The summed E-state index contributed by atoms with van der Waals surface area (Å²) in [7, 11) is 0. The van der Waals surface area contributed by atoms with E-state index in [9.17, 15) is 19.2 Å². The molecule has 25 heavy (non-hydrogen) atoms. The third-order valence-electron chi connectivity index (χ3n) is 5.38. The maximum atomic E-state index is 12.7. The molecule has 1 spiro atoms. The molecule has 0 radical (unpaired) electrons. The molecule has 1 aliphatic carbocycles. The summed E-state index contributed by atoms with van der Waals surface area (Å²) in [5, 5.41) is 2.83. The van der Waals surface area contributed by atoms with Gasteiger partial charge in [0.25, 0.3) is 17.7 Å². The molecule has 2 fully saturated rings. The Morgan fingerprint density at radius 1 is 0.840 bits per heavy atom. The lowest BCUT2D eigenvalue weighted by Gasteiger charge is -2.30. The molecule has 2 heterocycles. The molecular weight excluding hydrogens is 322 g/mol. The SMILES string of the molecule is O=C1NC2(CCCCC2)C(=O)N1CCN1C(=O)c2ccccc2C1=O. The lowest BCUT2D eigenvalue weighted by Crippen LogP contribution is -2.48. The van der Waals surface area contributed by atoms with E-state index in [1.165, 1.54) is 0 Å². The van der Waals surface area contributed by atoms with Crippen LogP contribution in [0, 0.1) is 0 Å². The number of amides is 5. The number of imide groups is 2. The predicted octanol–water partition coefficient (Wildman–Crippen LogP) is 1.54. The van der Waals surface area contributed by atoms with Crippen LogP contribution >= 0.6 is 0 Å². The third kappa shape index (κ3) is 2.33. The summed E-state index contributed by atoms with van der Waals surface area (Å²) < 4.78 is 0. The summed E-state index contributed by atoms with van der Waals surface area (Å²) >= 11 is 0. The van der Waals surface area contributed by atoms with Crippen molar-refractivity contribution >= 4 is 23.8 Å². The summed E-state index contributed by atoms with van der Waals surface area (Å²) in [5.74, 6) is -0.978. The minimum Gasteiger partial charge on any atom is -0.323 e. The summed E-state index contributed by atoms with van der Waals surface area (Å²) in [6.07, 6.45) is 4.21. The molecule has 130 valence electrons. The molecule has 0 aromatic heterocycles. The van der Waals surface area contributed by atoms with Crippen molar-refractivity contribution in [1.82, 2.24) is 15.1 Å². The van der Waals surface area contributed by atoms with E-state index in [-0.39, 0.29) is 30.8 Å². The molecule has 4 rings (SSSR count). The van der Waals surface area contributed by atoms with Gasteiger partial charge in [-0.3, -0.25) is 24.2 Å². The number of urea groups is 1. The van der Waals surface area contributed by atoms with Crippen LogP contribution in [-0.4, -0.2) is 52.2 Å². The summed E-state index contributed by atoms with van der Waals surface area (Å²) in [4.78, 5) is 52.0. The zero-order valence-corrected chi connectivity index (χ0v) is 13.8. The molecule has 3 aliphatic rings. The molecule has 1 saturated heterocycles. The molecule has 0 bridgehead atoms. The molecule has 1 N–H and O–H groups in total. The van der Waals surface area contributed by atoms with Crippen LogP contribution in [-0.2, 0) is 4.79 Å². The van der Waals surface area contributed by atoms with E-state index in [1.54, 1.807) is 24.3 Å². The number of carbonyl (C=O) groups excluding carboxylic acids is 4. The zero-order chi connectivity index (χ0) is 17.6. The molecule has 1 aromatic rings. The van der Waals surface area contributed by atoms with E-state index >= 15 is 0 Å². The highest BCUT2D eigenvalue weighted by atomic mass is 16.2. The van der Waals surface area contributed by atoms with Crippen molar-refractivity contribution in [2.75, 3.05) is 13.1 Å². The standard InChI is InChI=1S/C18H19N3O4/c22-14-12-6-2-3-7-13(12)15(23)20(14)10-11-21-16(24)18(19-17(21)25)8-4-1-5-9-18/h2-3,6-7H,1,4-5,8-11H2,(H,19,25). The summed E-state index contributed by atoms with van der Waals surface area (Å²) in [6.45, 7) is 0.0411. The van der Waals surface area contributed by atoms with Crippen molar-refractivity contribution < 1.29 is 19.2 Å². The molecule has 2 aliphatic heterocycles. The first-order chi connectivity index (χ1) is 12.0. The molecule has 0 atom stereocenters. The van der Waals surface area contributed by atoms with Gasteiger partial charge in [-0.25, -0.2) is 4.79 Å². The number of hydrogen-bond donors (Lipinski definition) is 1. The van der Waals surface area contributed by atoms with Crippen molar-refractivity contribution in [3.63, 3.8) is 0 Å². The Bertz CT molecular complexity index is 747. The molecular formula is C18H19N3O4. The fraction of sp³-hybridized carbons (Fsp3) is 0.444. The number of fused-ring (bicyclic) bond motifs is 1. The number of benzene rings is 1. The predicted molar refractivity (Wildman–Crippen MR) is 87.9 cm³/mol. The van der Waals surface area contributed by atoms with Gasteiger partial charge in [-0.15, -0.1) is 0 Å². The van der Waals surface area contributed by atoms with E-state index in [4.69, 9.17) is 0 Å². The van der Waals surface area contributed by atoms with E-state index in [0.29, 0.717) is 24.0 Å². The minimum absolute atomic E-state index is 0.0155. The van der Waals surface area contributed by atoms with Crippen molar-refractivity contribution in [2.45, 2.75) is 37.6 Å². The average Bonchev–Trinajstić information content (AvgIpc) is 3.00. The Kier molecular flexibility index (Phi) is 3.59. The van der Waals surface area contributed by atoms with Gasteiger partial charge < -0.3 is 5.32 Å². The summed E-state index contributed by atoms with van der Waals surface area (Å²) in [5.41, 5.74) is -0.0426. The van der Waals surface area contributed by atoms with Gasteiger partial charge in [-0.05, 0) is 25.0 Å². The van der Waals surface area contributed by atoms with Gasteiger partial charge in [-0.1, -0.05) is 31.4 Å². The smallest absolute Gasteiger partial charge is 0.323 e. The van der Waals surface area contributed by atoms with Crippen LogP contribution in [0.3, 0.4) is 0 Å². The third-order valence-corrected chi connectivity index (χ3v) is 5.38. The fourth-order valence-corrected chi connectivity index (χ4v) is 4.02. The Morgan fingerprint density at radius 3 is 2.00 bits per heavy atom. The highest BCUT2D eigenvalue weighted by molar-refractivity contribution is 6.21. The number of nitrogens with zero attached hydrogens (tertiary/aromatic N) is 2. The fourth-order valence-electron chi connectivity index (χ4n) is 4.02. The number of hydrogen-bond acceptors (Lipinski definition) is 4. The van der Waals surface area contributed by atoms with Gasteiger partial charge in [0.15, 0.2) is 0 Å². The molecule has 1 aromatic carbocycles. The minimum atomic E-state index is -0.780. The van der Waals surface area contributed by atoms with Gasteiger partial charge in [0.05, 0.1) is 11.1 Å². The monoisotopic (exact) mass is 341 g/mol. The van der Waals surface area contributed by atoms with E-state index in [0.717, 1.165) is 29.1 Å². The highest BCUT2D eigenvalue weighted by Crippen LogP contribution is 2.33. The number of nitrogens with one attached hydrogen (secondary N) is 1. The van der Waals surface area contributed by atoms with Gasteiger partial charge >= 0.3 is 6.03 Å². The van der Waals surface area contributed by atoms with Crippen LogP contribution in [0.1, 0.15) is 52.8 Å². The van der Waals surface area contributed by atoms with Crippen molar-refractivity contribution in [1.29, 1.82) is 0 Å². The van der Waals surface area contributed by atoms with Crippen molar-refractivity contribution in [2.24, 2.45) is 0 Å². The maximum absolute atomic E-state index is 12.7. The van der Waals surface area contributed by atoms with Crippen LogP contribution in [0.4, 0.5) is 4.79 Å². The summed E-state index contributed by atoms with van der Waals surface area (Å²) in [6, 6.07) is 6.21. The van der Waals surface area contributed by atoms with Gasteiger partial charge in [0.1, 0.15) is 5.54 Å². The van der Waals surface area contributed by atoms with E-state index in [2.05, 4.69) is 5.32 Å². The van der Waals surface area contributed by atoms with Crippen LogP contribution in [0.25, 0.3) is 0 Å². The average molecular weight is 341 g/mol. The zero-order valence-electron chi connectivity index (χ0n) is 13.8. The molecule has 7 heteroatoms. The second kappa shape index (κ2) is 5.68. The first-order valence-corrected chi connectivity index (χ1v) is 8.63. The number of rotatable bonds is 3. The Morgan fingerprint density at radius 2 is 1.40 bits per heavy atom. The first kappa shape index (κ1) is 15.8. The van der Waals surface area contributed by atoms with Crippen molar-refractivity contribution in [3.05, 3.63) is 35.4 Å². The van der Waals surface area contributed by atoms with Crippen LogP contribution < -0.4 is 5.32 Å². The highest BCUT2D eigenvalue weighted by Gasteiger charge is 2.51. The number of carbonyl (C=O) groups is 4. The van der Waals surface area contributed by atoms with Gasteiger partial charge in [0, 0.05) is 13.1 Å². The Balaban J connectivity index is 1.47. The first-order valence-electron chi connectivity index (χ1n) is 8.63.